The van der Waals surface area contributed by atoms with Crippen molar-refractivity contribution in [2.75, 3.05) is 7.11 Å². The van der Waals surface area contributed by atoms with Crippen molar-refractivity contribution in [3.63, 3.8) is 0 Å². The number of benzene rings is 2. The summed E-state index contributed by atoms with van der Waals surface area (Å²) in [4.78, 5) is 23.8. The standard InChI is InChI=1S/C21H20O5/c1-14-11-15(5-9-19(14)24)3-7-17(22)13-18(23)8-4-16-6-10-21(26-2)20(25)12-16/h3-12,24-25H,13H2,1-2H3. The van der Waals surface area contributed by atoms with Gasteiger partial charge in [0.15, 0.2) is 23.1 Å². The molecular formula is C21H20O5. The lowest BCUT2D eigenvalue weighted by Gasteiger charge is -2.03. The van der Waals surface area contributed by atoms with Gasteiger partial charge in [-0.3, -0.25) is 9.59 Å². The van der Waals surface area contributed by atoms with E-state index in [1.165, 1.54) is 31.4 Å². The zero-order chi connectivity index (χ0) is 19.1. The molecular weight excluding hydrogens is 332 g/mol. The fourth-order valence-corrected chi connectivity index (χ4v) is 2.26. The number of ether oxygens (including phenoxy) is 1. The van der Waals surface area contributed by atoms with E-state index in [1.807, 2.05) is 0 Å². The number of hydrogen-bond donors (Lipinski definition) is 2. The molecule has 2 aromatic carbocycles. The van der Waals surface area contributed by atoms with Crippen LogP contribution in [0, 0.1) is 6.92 Å². The van der Waals surface area contributed by atoms with E-state index >= 15 is 0 Å². The van der Waals surface area contributed by atoms with Crippen LogP contribution in [0.15, 0.2) is 48.6 Å². The molecule has 0 fully saturated rings. The van der Waals surface area contributed by atoms with Gasteiger partial charge in [0.25, 0.3) is 0 Å². The Bertz CT molecular complexity index is 878. The van der Waals surface area contributed by atoms with Gasteiger partial charge in [0.1, 0.15) is 5.75 Å². The molecule has 0 aromatic heterocycles. The second-order valence-electron chi connectivity index (χ2n) is 5.75. The van der Waals surface area contributed by atoms with Gasteiger partial charge >= 0.3 is 0 Å². The van der Waals surface area contributed by atoms with Crippen molar-refractivity contribution in [1.29, 1.82) is 0 Å². The van der Waals surface area contributed by atoms with Crippen molar-refractivity contribution in [2.24, 2.45) is 0 Å². The monoisotopic (exact) mass is 352 g/mol. The fraction of sp³-hybridized carbons (Fsp3) is 0.143. The van der Waals surface area contributed by atoms with Crippen molar-refractivity contribution >= 4 is 23.7 Å². The third kappa shape index (κ3) is 5.34. The zero-order valence-corrected chi connectivity index (χ0v) is 14.6. The molecule has 0 aliphatic rings. The molecule has 26 heavy (non-hydrogen) atoms. The van der Waals surface area contributed by atoms with Crippen LogP contribution in [0.1, 0.15) is 23.1 Å². The van der Waals surface area contributed by atoms with Crippen LogP contribution < -0.4 is 4.74 Å². The molecule has 0 aliphatic carbocycles. The maximum Gasteiger partial charge on any atom is 0.163 e. The van der Waals surface area contributed by atoms with Crippen molar-refractivity contribution in [3.8, 4) is 17.2 Å². The highest BCUT2D eigenvalue weighted by Crippen LogP contribution is 2.26. The van der Waals surface area contributed by atoms with E-state index in [0.29, 0.717) is 16.9 Å². The number of carbonyl (C=O) groups excluding carboxylic acids is 2. The molecule has 5 nitrogen and oxygen atoms in total. The van der Waals surface area contributed by atoms with Crippen LogP contribution in [0.3, 0.4) is 0 Å². The first kappa shape index (κ1) is 19.0. The van der Waals surface area contributed by atoms with E-state index in [1.54, 1.807) is 43.3 Å². The van der Waals surface area contributed by atoms with Gasteiger partial charge in [-0.05, 0) is 60.0 Å². The summed E-state index contributed by atoms with van der Waals surface area (Å²) in [5.74, 6) is -0.137. The lowest BCUT2D eigenvalue weighted by molar-refractivity contribution is -0.121. The van der Waals surface area contributed by atoms with Crippen LogP contribution in [0.5, 0.6) is 17.2 Å². The Hall–Kier alpha value is -3.34. The van der Waals surface area contributed by atoms with Crippen LogP contribution in [-0.2, 0) is 9.59 Å². The van der Waals surface area contributed by atoms with E-state index in [0.717, 1.165) is 5.56 Å². The van der Waals surface area contributed by atoms with E-state index in [2.05, 4.69) is 0 Å². The Labute approximate surface area is 151 Å². The van der Waals surface area contributed by atoms with Crippen LogP contribution in [-0.4, -0.2) is 28.9 Å². The molecule has 5 heteroatoms. The van der Waals surface area contributed by atoms with Crippen molar-refractivity contribution in [3.05, 3.63) is 65.2 Å². The van der Waals surface area contributed by atoms with Crippen LogP contribution >= 0.6 is 0 Å². The number of phenols is 2. The second-order valence-corrected chi connectivity index (χ2v) is 5.75. The summed E-state index contributed by atoms with van der Waals surface area (Å²) in [6.07, 6.45) is 5.54. The van der Waals surface area contributed by atoms with Crippen molar-refractivity contribution in [1.82, 2.24) is 0 Å². The molecule has 0 amide bonds. The van der Waals surface area contributed by atoms with Gasteiger partial charge < -0.3 is 14.9 Å². The number of methoxy groups -OCH3 is 1. The lowest BCUT2D eigenvalue weighted by atomic mass is 10.1. The number of rotatable bonds is 7. The first-order valence-corrected chi connectivity index (χ1v) is 7.97. The summed E-state index contributed by atoms with van der Waals surface area (Å²) in [5, 5.41) is 19.2. The number of allylic oxidation sites excluding steroid dienone is 2. The molecule has 2 aromatic rings. The number of phenolic OH excluding ortho intramolecular Hbond substituents is 2. The number of aromatic hydroxyl groups is 2. The van der Waals surface area contributed by atoms with Gasteiger partial charge in [-0.15, -0.1) is 0 Å². The summed E-state index contributed by atoms with van der Waals surface area (Å²) in [6.45, 7) is 1.76. The smallest absolute Gasteiger partial charge is 0.163 e. The van der Waals surface area contributed by atoms with Crippen molar-refractivity contribution in [2.45, 2.75) is 13.3 Å². The highest BCUT2D eigenvalue weighted by atomic mass is 16.5. The van der Waals surface area contributed by atoms with Gasteiger partial charge in [0.2, 0.25) is 0 Å². The predicted molar refractivity (Wildman–Crippen MR) is 100 cm³/mol. The number of carbonyl (C=O) groups is 2. The third-order valence-electron chi connectivity index (χ3n) is 3.70. The Morgan fingerprint density at radius 2 is 1.50 bits per heavy atom. The maximum atomic E-state index is 11.9. The molecule has 0 atom stereocenters. The van der Waals surface area contributed by atoms with E-state index < -0.39 is 0 Å². The largest absolute Gasteiger partial charge is 0.508 e. The number of aryl methyl sites for hydroxylation is 1. The average molecular weight is 352 g/mol. The SMILES string of the molecule is COc1ccc(C=CC(=O)CC(=O)C=Cc2ccc(O)c(C)c2)cc1O. The molecule has 0 spiro atoms. The molecule has 0 aliphatic heterocycles. The molecule has 0 saturated heterocycles. The Kier molecular flexibility index (Phi) is 6.33. The first-order valence-electron chi connectivity index (χ1n) is 7.97. The number of ketones is 2. The molecule has 0 heterocycles. The first-order chi connectivity index (χ1) is 12.4. The van der Waals surface area contributed by atoms with Crippen LogP contribution in [0.2, 0.25) is 0 Å². The Morgan fingerprint density at radius 1 is 0.923 bits per heavy atom. The number of hydrogen-bond acceptors (Lipinski definition) is 5. The summed E-state index contributed by atoms with van der Waals surface area (Å²) < 4.78 is 4.95. The van der Waals surface area contributed by atoms with E-state index in [9.17, 15) is 19.8 Å². The topological polar surface area (TPSA) is 83.8 Å². The lowest BCUT2D eigenvalue weighted by Crippen LogP contribution is -2.01. The van der Waals surface area contributed by atoms with E-state index in [4.69, 9.17) is 4.74 Å². The third-order valence-corrected chi connectivity index (χ3v) is 3.70. The molecule has 2 rings (SSSR count). The molecule has 134 valence electrons. The highest BCUT2D eigenvalue weighted by Gasteiger charge is 2.05. The molecule has 0 saturated carbocycles. The summed E-state index contributed by atoms with van der Waals surface area (Å²) in [7, 11) is 1.45. The van der Waals surface area contributed by atoms with Gasteiger partial charge in [-0.2, -0.15) is 0 Å². The van der Waals surface area contributed by atoms with E-state index in [-0.39, 0.29) is 29.5 Å². The minimum atomic E-state index is -0.336. The van der Waals surface area contributed by atoms with Gasteiger partial charge in [0, 0.05) is 0 Å². The average Bonchev–Trinajstić information content (AvgIpc) is 2.61. The molecule has 2 N–H and O–H groups in total. The Morgan fingerprint density at radius 3 is 2.04 bits per heavy atom. The molecule has 0 unspecified atom stereocenters. The predicted octanol–water partition coefficient (Wildman–Crippen LogP) is 3.67. The van der Waals surface area contributed by atoms with Crippen LogP contribution in [0.25, 0.3) is 12.2 Å². The Balaban J connectivity index is 1.94. The molecule has 0 bridgehead atoms. The summed E-state index contributed by atoms with van der Waals surface area (Å²) in [5.41, 5.74) is 2.10. The second kappa shape index (κ2) is 8.67. The summed E-state index contributed by atoms with van der Waals surface area (Å²) in [6, 6.07) is 9.74. The minimum absolute atomic E-state index is 0.0229. The summed E-state index contributed by atoms with van der Waals surface area (Å²) >= 11 is 0. The highest BCUT2D eigenvalue weighted by molar-refractivity contribution is 6.10. The van der Waals surface area contributed by atoms with Gasteiger partial charge in [-0.25, -0.2) is 0 Å². The quantitative estimate of drug-likeness (QED) is 0.587. The zero-order valence-electron chi connectivity index (χ0n) is 14.6. The van der Waals surface area contributed by atoms with Crippen molar-refractivity contribution < 1.29 is 24.5 Å². The normalized spacial score (nSPS) is 11.2. The fourth-order valence-electron chi connectivity index (χ4n) is 2.26. The molecule has 0 radical (unpaired) electrons. The van der Waals surface area contributed by atoms with Crippen LogP contribution in [0.4, 0.5) is 0 Å². The minimum Gasteiger partial charge on any atom is -0.508 e. The van der Waals surface area contributed by atoms with Gasteiger partial charge in [0.05, 0.1) is 13.5 Å². The van der Waals surface area contributed by atoms with Gasteiger partial charge in [-0.1, -0.05) is 24.3 Å². The maximum absolute atomic E-state index is 11.9.